The second-order valence-corrected chi connectivity index (χ2v) is 6.26. The number of nitrogens with zero attached hydrogens (tertiary/aromatic N) is 1. The van der Waals surface area contributed by atoms with E-state index in [1.807, 2.05) is 24.8 Å². The van der Waals surface area contributed by atoms with Gasteiger partial charge >= 0.3 is 0 Å². The molecule has 0 unspecified atom stereocenters. The summed E-state index contributed by atoms with van der Waals surface area (Å²) < 4.78 is 0. The molecule has 1 heterocycles. The lowest BCUT2D eigenvalue weighted by atomic mass is 9.99. The third-order valence-corrected chi connectivity index (χ3v) is 4.28. The molecule has 0 radical (unpaired) electrons. The fourth-order valence-corrected chi connectivity index (χ4v) is 3.06. The molecule has 0 atom stereocenters. The van der Waals surface area contributed by atoms with Crippen molar-refractivity contribution >= 4 is 23.2 Å². The number of likely N-dealkylation sites (tertiary alicyclic amines) is 1. The van der Waals surface area contributed by atoms with Crippen LogP contribution in [-0.2, 0) is 4.79 Å². The summed E-state index contributed by atoms with van der Waals surface area (Å²) in [5.74, 6) is 0.897. The first-order valence-corrected chi connectivity index (χ1v) is 7.63. The Labute approximate surface area is 126 Å². The minimum atomic E-state index is 0.160. The highest BCUT2D eigenvalue weighted by molar-refractivity contribution is 6.33. The lowest BCUT2D eigenvalue weighted by Crippen LogP contribution is -2.41. The topological polar surface area (TPSA) is 32.3 Å². The van der Waals surface area contributed by atoms with Crippen molar-refractivity contribution in [1.82, 2.24) is 4.90 Å². The Kier molecular flexibility index (Phi) is 4.92. The zero-order valence-electron chi connectivity index (χ0n) is 12.5. The first kappa shape index (κ1) is 15.2. The van der Waals surface area contributed by atoms with Crippen LogP contribution < -0.4 is 5.32 Å². The van der Waals surface area contributed by atoms with E-state index in [0.717, 1.165) is 48.7 Å². The smallest absolute Gasteiger partial charge is 0.241 e. The summed E-state index contributed by atoms with van der Waals surface area (Å²) in [5, 5.41) is 3.88. The molecule has 1 N–H and O–H groups in total. The molecule has 1 saturated heterocycles. The Morgan fingerprint density at radius 3 is 2.60 bits per heavy atom. The van der Waals surface area contributed by atoms with Gasteiger partial charge in [-0.05, 0) is 49.8 Å². The number of hydrogen-bond donors (Lipinski definition) is 1. The maximum absolute atomic E-state index is 12.2. The fourth-order valence-electron chi connectivity index (χ4n) is 2.67. The minimum absolute atomic E-state index is 0.160. The van der Waals surface area contributed by atoms with Crippen molar-refractivity contribution in [1.29, 1.82) is 0 Å². The summed E-state index contributed by atoms with van der Waals surface area (Å²) in [5.41, 5.74) is 3.08. The van der Waals surface area contributed by atoms with Gasteiger partial charge in [-0.2, -0.15) is 0 Å². The summed E-state index contributed by atoms with van der Waals surface area (Å²) in [6.07, 6.45) is 2.21. The highest BCUT2D eigenvalue weighted by atomic mass is 35.5. The van der Waals surface area contributed by atoms with Gasteiger partial charge in [0.1, 0.15) is 0 Å². The molecular formula is C16H23ClN2O. The number of nitrogens with one attached hydrogen (secondary N) is 1. The molecule has 1 aromatic carbocycles. The summed E-state index contributed by atoms with van der Waals surface area (Å²) in [4.78, 5) is 14.1. The van der Waals surface area contributed by atoms with Crippen molar-refractivity contribution < 1.29 is 4.79 Å². The lowest BCUT2D eigenvalue weighted by molar-refractivity contribution is -0.130. The second-order valence-electron chi connectivity index (χ2n) is 5.86. The van der Waals surface area contributed by atoms with Crippen LogP contribution >= 0.6 is 11.6 Å². The number of aryl methyl sites for hydroxylation is 2. The number of hydrogen-bond acceptors (Lipinski definition) is 2. The van der Waals surface area contributed by atoms with Gasteiger partial charge in [0.15, 0.2) is 0 Å². The Bertz CT molecular complexity index is 470. The van der Waals surface area contributed by atoms with E-state index in [2.05, 4.69) is 18.3 Å². The molecule has 3 nitrogen and oxygen atoms in total. The molecule has 0 aliphatic carbocycles. The van der Waals surface area contributed by atoms with Crippen LogP contribution in [0.1, 0.15) is 30.9 Å². The van der Waals surface area contributed by atoms with E-state index in [1.54, 1.807) is 0 Å². The largest absolute Gasteiger partial charge is 0.375 e. The third kappa shape index (κ3) is 3.66. The van der Waals surface area contributed by atoms with Crippen molar-refractivity contribution in [2.45, 2.75) is 33.6 Å². The molecule has 0 bridgehead atoms. The molecule has 2 rings (SSSR count). The van der Waals surface area contributed by atoms with E-state index in [1.165, 1.54) is 0 Å². The van der Waals surface area contributed by atoms with Gasteiger partial charge in [0, 0.05) is 13.1 Å². The molecule has 0 saturated carbocycles. The van der Waals surface area contributed by atoms with Gasteiger partial charge < -0.3 is 10.2 Å². The van der Waals surface area contributed by atoms with Gasteiger partial charge in [0.05, 0.1) is 17.3 Å². The van der Waals surface area contributed by atoms with Crippen LogP contribution in [0.25, 0.3) is 0 Å². The third-order valence-electron chi connectivity index (χ3n) is 3.98. The first-order valence-electron chi connectivity index (χ1n) is 7.25. The van der Waals surface area contributed by atoms with E-state index < -0.39 is 0 Å². The maximum atomic E-state index is 12.2. The van der Waals surface area contributed by atoms with Gasteiger partial charge in [0.25, 0.3) is 0 Å². The molecule has 110 valence electrons. The SMILES string of the molecule is Cc1cc(C)c(NCC(=O)N2CCC(C)CC2)c(Cl)c1. The molecule has 0 aromatic heterocycles. The average Bonchev–Trinajstić information content (AvgIpc) is 2.38. The first-order chi connectivity index (χ1) is 9.47. The Morgan fingerprint density at radius 1 is 1.35 bits per heavy atom. The van der Waals surface area contributed by atoms with Crippen molar-refractivity contribution in [3.8, 4) is 0 Å². The van der Waals surface area contributed by atoms with Crippen LogP contribution in [0.5, 0.6) is 0 Å². The predicted molar refractivity (Wildman–Crippen MR) is 84.4 cm³/mol. The summed E-state index contributed by atoms with van der Waals surface area (Å²) in [6, 6.07) is 3.99. The van der Waals surface area contributed by atoms with Gasteiger partial charge in [-0.25, -0.2) is 0 Å². The normalized spacial score (nSPS) is 16.3. The van der Waals surface area contributed by atoms with E-state index in [0.29, 0.717) is 11.6 Å². The zero-order chi connectivity index (χ0) is 14.7. The molecule has 4 heteroatoms. The standard InChI is InChI=1S/C16H23ClN2O/c1-11-4-6-19(7-5-11)15(20)10-18-16-13(3)8-12(2)9-14(16)17/h8-9,11,18H,4-7,10H2,1-3H3. The van der Waals surface area contributed by atoms with Crippen molar-refractivity contribution in [3.05, 3.63) is 28.3 Å². The van der Waals surface area contributed by atoms with Crippen LogP contribution in [0, 0.1) is 19.8 Å². The summed E-state index contributed by atoms with van der Waals surface area (Å²) in [6.45, 7) is 8.34. The number of halogens is 1. The number of carbonyl (C=O) groups is 1. The van der Waals surface area contributed by atoms with Crippen LogP contribution in [0.4, 0.5) is 5.69 Å². The van der Waals surface area contributed by atoms with Gasteiger partial charge in [0.2, 0.25) is 5.91 Å². The van der Waals surface area contributed by atoms with Crippen LogP contribution in [0.15, 0.2) is 12.1 Å². The quantitative estimate of drug-likeness (QED) is 0.923. The van der Waals surface area contributed by atoms with E-state index in [-0.39, 0.29) is 5.91 Å². The molecule has 1 fully saturated rings. The lowest BCUT2D eigenvalue weighted by Gasteiger charge is -2.30. The van der Waals surface area contributed by atoms with Crippen LogP contribution in [-0.4, -0.2) is 30.4 Å². The van der Waals surface area contributed by atoms with Crippen molar-refractivity contribution in [2.75, 3.05) is 25.0 Å². The molecule has 1 aliphatic rings. The van der Waals surface area contributed by atoms with Gasteiger partial charge in [-0.1, -0.05) is 24.6 Å². The minimum Gasteiger partial charge on any atom is -0.375 e. The van der Waals surface area contributed by atoms with Crippen LogP contribution in [0.2, 0.25) is 5.02 Å². The number of benzene rings is 1. The molecule has 20 heavy (non-hydrogen) atoms. The van der Waals surface area contributed by atoms with E-state index >= 15 is 0 Å². The second kappa shape index (κ2) is 6.49. The van der Waals surface area contributed by atoms with Crippen LogP contribution in [0.3, 0.4) is 0 Å². The Balaban J connectivity index is 1.94. The van der Waals surface area contributed by atoms with Gasteiger partial charge in [-0.15, -0.1) is 0 Å². The molecule has 1 aliphatic heterocycles. The number of piperidine rings is 1. The Hall–Kier alpha value is -1.22. The van der Waals surface area contributed by atoms with E-state index in [9.17, 15) is 4.79 Å². The molecule has 1 aromatic rings. The fraction of sp³-hybridized carbons (Fsp3) is 0.562. The summed E-state index contributed by atoms with van der Waals surface area (Å²) in [7, 11) is 0. The average molecular weight is 295 g/mol. The van der Waals surface area contributed by atoms with Gasteiger partial charge in [-0.3, -0.25) is 4.79 Å². The zero-order valence-corrected chi connectivity index (χ0v) is 13.3. The Morgan fingerprint density at radius 2 is 2.00 bits per heavy atom. The number of rotatable bonds is 3. The number of anilines is 1. The molecule has 0 spiro atoms. The maximum Gasteiger partial charge on any atom is 0.241 e. The van der Waals surface area contributed by atoms with Crippen molar-refractivity contribution in [3.63, 3.8) is 0 Å². The number of amides is 1. The predicted octanol–water partition coefficient (Wildman–Crippen LogP) is 3.63. The number of carbonyl (C=O) groups excluding carboxylic acids is 1. The molecule has 1 amide bonds. The highest BCUT2D eigenvalue weighted by Crippen LogP contribution is 2.27. The highest BCUT2D eigenvalue weighted by Gasteiger charge is 2.20. The molecular weight excluding hydrogens is 272 g/mol. The van der Waals surface area contributed by atoms with Crippen molar-refractivity contribution in [2.24, 2.45) is 5.92 Å². The monoisotopic (exact) mass is 294 g/mol. The van der Waals surface area contributed by atoms with E-state index in [4.69, 9.17) is 11.6 Å². The summed E-state index contributed by atoms with van der Waals surface area (Å²) >= 11 is 6.24.